The van der Waals surface area contributed by atoms with Gasteiger partial charge in [-0.3, -0.25) is 0 Å². The lowest BCUT2D eigenvalue weighted by atomic mass is 9.91. The number of aldehydes is 1. The summed E-state index contributed by atoms with van der Waals surface area (Å²) in [6.45, 7) is 21.2. The Labute approximate surface area is 174 Å². The minimum absolute atomic E-state index is 0.0990. The maximum absolute atomic E-state index is 11.5. The van der Waals surface area contributed by atoms with Crippen LogP contribution >= 0.6 is 0 Å². The Kier molecular flexibility index (Phi) is 10.6. The number of allylic oxidation sites excluding steroid dienone is 7. The molecular weight excluding hydrogens is 362 g/mol. The van der Waals surface area contributed by atoms with Gasteiger partial charge in [-0.2, -0.15) is 5.26 Å². The summed E-state index contributed by atoms with van der Waals surface area (Å²) in [6.07, 6.45) is 10.5. The Bertz CT molecular complexity index is 684. The third kappa shape index (κ3) is 8.54. The van der Waals surface area contributed by atoms with Crippen LogP contribution < -0.4 is 0 Å². The molecule has 156 valence electrons. The van der Waals surface area contributed by atoms with E-state index in [2.05, 4.69) is 60.7 Å². The van der Waals surface area contributed by atoms with E-state index < -0.39 is 8.32 Å². The predicted molar refractivity (Wildman–Crippen MR) is 122 cm³/mol. The first-order valence-corrected chi connectivity index (χ1v) is 12.9. The topological polar surface area (TPSA) is 50.1 Å². The largest absolute Gasteiger partial charge is 0.413 e. The van der Waals surface area contributed by atoms with E-state index in [1.54, 1.807) is 0 Å². The molecule has 0 rings (SSSR count). The zero-order valence-electron chi connectivity index (χ0n) is 19.5. The van der Waals surface area contributed by atoms with Crippen LogP contribution in [-0.2, 0) is 9.22 Å². The fourth-order valence-corrected chi connectivity index (χ4v) is 4.00. The highest BCUT2D eigenvalue weighted by atomic mass is 28.4. The van der Waals surface area contributed by atoms with Crippen molar-refractivity contribution in [3.05, 3.63) is 47.1 Å². The van der Waals surface area contributed by atoms with Gasteiger partial charge in [0.05, 0.1) is 12.2 Å². The maximum atomic E-state index is 11.5. The Morgan fingerprint density at radius 3 is 2.11 bits per heavy atom. The molecule has 0 aliphatic carbocycles. The molecule has 0 heterocycles. The fourth-order valence-electron chi connectivity index (χ4n) is 2.53. The summed E-state index contributed by atoms with van der Waals surface area (Å²) in [5.74, 6) is -0.0296. The first-order valence-electron chi connectivity index (χ1n) is 10.00. The van der Waals surface area contributed by atoms with Crippen LogP contribution in [0.3, 0.4) is 0 Å². The Hall–Kier alpha value is -1.70. The molecule has 0 unspecified atom stereocenters. The summed E-state index contributed by atoms with van der Waals surface area (Å²) in [5, 5.41) is 8.76. The minimum atomic E-state index is -1.98. The Morgan fingerprint density at radius 1 is 1.07 bits per heavy atom. The van der Waals surface area contributed by atoms with Crippen molar-refractivity contribution < 1.29 is 9.22 Å². The number of carbonyl (C=O) groups is 1. The van der Waals surface area contributed by atoms with Crippen LogP contribution in [0.4, 0.5) is 0 Å². The number of rotatable bonds is 9. The van der Waals surface area contributed by atoms with Crippen LogP contribution in [0, 0.1) is 23.2 Å². The lowest BCUT2D eigenvalue weighted by Crippen LogP contribution is -2.47. The average molecular weight is 402 g/mol. The van der Waals surface area contributed by atoms with E-state index in [0.29, 0.717) is 0 Å². The van der Waals surface area contributed by atoms with E-state index in [1.165, 1.54) is 11.6 Å². The molecule has 0 N–H and O–H groups in total. The van der Waals surface area contributed by atoms with Gasteiger partial charge in [-0.15, -0.1) is 0 Å². The fraction of sp³-hybridized carbons (Fsp3) is 0.583. The van der Waals surface area contributed by atoms with Gasteiger partial charge in [-0.25, -0.2) is 0 Å². The van der Waals surface area contributed by atoms with Crippen molar-refractivity contribution in [3.63, 3.8) is 0 Å². The molecule has 0 aliphatic rings. The summed E-state index contributed by atoms with van der Waals surface area (Å²) >= 11 is 0. The molecule has 3 nitrogen and oxygen atoms in total. The van der Waals surface area contributed by atoms with Gasteiger partial charge in [0.15, 0.2) is 8.32 Å². The van der Waals surface area contributed by atoms with Crippen LogP contribution in [0.5, 0.6) is 0 Å². The molecule has 0 spiro atoms. The monoisotopic (exact) mass is 401 g/mol. The lowest BCUT2D eigenvalue weighted by Gasteiger charge is -2.41. The first-order chi connectivity index (χ1) is 12.8. The number of carbonyl (C=O) groups excluding carboxylic acids is 1. The van der Waals surface area contributed by atoms with E-state index in [9.17, 15) is 4.79 Å². The zero-order valence-corrected chi connectivity index (χ0v) is 20.5. The first kappa shape index (κ1) is 26.3. The van der Waals surface area contributed by atoms with Crippen molar-refractivity contribution in [2.24, 2.45) is 11.8 Å². The molecule has 0 fully saturated rings. The van der Waals surface area contributed by atoms with Crippen LogP contribution in [0.25, 0.3) is 0 Å². The van der Waals surface area contributed by atoms with Gasteiger partial charge in [0.1, 0.15) is 6.29 Å². The number of hydrogen-bond donors (Lipinski definition) is 0. The second kappa shape index (κ2) is 11.3. The Balaban J connectivity index is 5.55. The van der Waals surface area contributed by atoms with E-state index in [-0.39, 0.29) is 23.0 Å². The average Bonchev–Trinajstić information content (AvgIpc) is 2.57. The van der Waals surface area contributed by atoms with E-state index in [4.69, 9.17) is 9.69 Å². The SMILES string of the molecule is CC(=C/C#N)/C=C/C=C(C)/C(C)=C/[C@H](C)[C@H](O[Si](C)(C)C(C)(C)C)[C@H](C)C=O. The Morgan fingerprint density at radius 2 is 1.64 bits per heavy atom. The van der Waals surface area contributed by atoms with Crippen LogP contribution in [0.2, 0.25) is 18.1 Å². The highest BCUT2D eigenvalue weighted by Crippen LogP contribution is 2.39. The highest BCUT2D eigenvalue weighted by Gasteiger charge is 2.41. The van der Waals surface area contributed by atoms with Crippen molar-refractivity contribution in [2.45, 2.75) is 79.6 Å². The van der Waals surface area contributed by atoms with Crippen molar-refractivity contribution >= 4 is 14.6 Å². The van der Waals surface area contributed by atoms with Gasteiger partial charge in [0.25, 0.3) is 0 Å². The number of nitrogens with zero attached hydrogens (tertiary/aromatic N) is 1. The van der Waals surface area contributed by atoms with Crippen molar-refractivity contribution in [2.75, 3.05) is 0 Å². The van der Waals surface area contributed by atoms with Crippen LogP contribution in [0.1, 0.15) is 55.4 Å². The van der Waals surface area contributed by atoms with E-state index in [0.717, 1.165) is 17.4 Å². The smallest absolute Gasteiger partial charge is 0.192 e. The van der Waals surface area contributed by atoms with Crippen molar-refractivity contribution in [1.29, 1.82) is 5.26 Å². The van der Waals surface area contributed by atoms with Gasteiger partial charge < -0.3 is 9.22 Å². The normalized spacial score (nSPS) is 18.0. The van der Waals surface area contributed by atoms with Crippen LogP contribution in [0.15, 0.2) is 47.1 Å². The second-order valence-corrected chi connectivity index (χ2v) is 14.0. The molecule has 28 heavy (non-hydrogen) atoms. The minimum Gasteiger partial charge on any atom is -0.413 e. The standard InChI is InChI=1S/C24H39NO2Si/c1-18(14-15-25)12-11-13-19(2)20(3)16-21(4)23(22(5)17-26)27-28(9,10)24(6,7)8/h11-14,16-17,21-23H,1-10H3/b12-11+,18-14-,19-13+,20-16+/t21-,22+,23-/m0/s1. The second-order valence-electron chi connectivity index (χ2n) is 9.27. The quantitative estimate of drug-likeness (QED) is 0.185. The molecule has 0 saturated carbocycles. The molecular formula is C24H39NO2Si. The molecule has 0 saturated heterocycles. The summed E-state index contributed by atoms with van der Waals surface area (Å²) < 4.78 is 6.63. The summed E-state index contributed by atoms with van der Waals surface area (Å²) in [6, 6.07) is 2.03. The van der Waals surface area contributed by atoms with Gasteiger partial charge >= 0.3 is 0 Å². The summed E-state index contributed by atoms with van der Waals surface area (Å²) in [5.41, 5.74) is 3.24. The maximum Gasteiger partial charge on any atom is 0.192 e. The molecule has 0 aromatic heterocycles. The van der Waals surface area contributed by atoms with E-state index in [1.807, 2.05) is 38.1 Å². The third-order valence-corrected chi connectivity index (χ3v) is 10.1. The molecule has 0 aromatic rings. The zero-order chi connectivity index (χ0) is 22.1. The molecule has 0 amide bonds. The van der Waals surface area contributed by atoms with Gasteiger partial charge in [0.2, 0.25) is 0 Å². The molecule has 0 aromatic carbocycles. The van der Waals surface area contributed by atoms with Gasteiger partial charge in [-0.05, 0) is 50.0 Å². The molecule has 0 aliphatic heterocycles. The highest BCUT2D eigenvalue weighted by molar-refractivity contribution is 6.74. The summed E-state index contributed by atoms with van der Waals surface area (Å²) in [7, 11) is -1.98. The van der Waals surface area contributed by atoms with Crippen LogP contribution in [-0.4, -0.2) is 20.7 Å². The molecule has 4 heteroatoms. The summed E-state index contributed by atoms with van der Waals surface area (Å²) in [4.78, 5) is 11.5. The predicted octanol–water partition coefficient (Wildman–Crippen LogP) is 6.77. The van der Waals surface area contributed by atoms with Gasteiger partial charge in [-0.1, -0.05) is 64.5 Å². The molecule has 0 radical (unpaired) electrons. The van der Waals surface area contributed by atoms with E-state index >= 15 is 0 Å². The number of hydrogen-bond acceptors (Lipinski definition) is 3. The van der Waals surface area contributed by atoms with Crippen molar-refractivity contribution in [1.82, 2.24) is 0 Å². The van der Waals surface area contributed by atoms with Crippen molar-refractivity contribution in [3.8, 4) is 6.07 Å². The molecule has 3 atom stereocenters. The third-order valence-electron chi connectivity index (χ3n) is 5.62. The molecule has 0 bridgehead atoms. The van der Waals surface area contributed by atoms with Gasteiger partial charge in [0, 0.05) is 17.9 Å². The number of nitriles is 1. The lowest BCUT2D eigenvalue weighted by molar-refractivity contribution is -0.113.